The number of rotatable bonds is 8. The lowest BCUT2D eigenvalue weighted by Crippen LogP contribution is -2.42. The maximum atomic E-state index is 6.42. The van der Waals surface area contributed by atoms with Gasteiger partial charge in [-0.15, -0.1) is 0 Å². The van der Waals surface area contributed by atoms with Gasteiger partial charge in [-0.05, 0) is 42.5 Å². The van der Waals surface area contributed by atoms with Crippen molar-refractivity contribution in [2.45, 2.75) is 45.6 Å². The number of hydrogen-bond acceptors (Lipinski definition) is 3. The quantitative estimate of drug-likeness (QED) is 0.618. The molecule has 0 amide bonds. The van der Waals surface area contributed by atoms with E-state index in [0.717, 1.165) is 42.1 Å². The molecule has 1 atom stereocenters. The van der Waals surface area contributed by atoms with Gasteiger partial charge in [0.2, 0.25) is 0 Å². The van der Waals surface area contributed by atoms with E-state index in [9.17, 15) is 0 Å². The Balaban J connectivity index is 1.73. The zero-order valence-electron chi connectivity index (χ0n) is 16.4. The van der Waals surface area contributed by atoms with Gasteiger partial charge in [0.15, 0.2) is 5.96 Å². The lowest BCUT2D eigenvalue weighted by molar-refractivity contribution is 0.301. The molecule has 144 valence electrons. The first kappa shape index (κ1) is 19.8. The number of para-hydroxylation sites is 1. The molecule has 1 aliphatic rings. The summed E-state index contributed by atoms with van der Waals surface area (Å²) in [6.45, 7) is 6.41. The molecule has 1 heterocycles. The van der Waals surface area contributed by atoms with Crippen molar-refractivity contribution in [1.82, 2.24) is 4.90 Å². The van der Waals surface area contributed by atoms with E-state index >= 15 is 0 Å². The second kappa shape index (κ2) is 9.80. The first-order chi connectivity index (χ1) is 13.2. The SMILES string of the molecule is CCC(CC)CCN1C(Nc2ccccc2)=NC[C@@H]1Cc1ccccc1Cl. The van der Waals surface area contributed by atoms with Gasteiger partial charge in [0.05, 0.1) is 12.6 Å². The van der Waals surface area contributed by atoms with E-state index in [1.54, 1.807) is 0 Å². The highest BCUT2D eigenvalue weighted by molar-refractivity contribution is 6.31. The number of nitrogens with one attached hydrogen (secondary N) is 1. The second-order valence-electron chi connectivity index (χ2n) is 7.27. The fraction of sp³-hybridized carbons (Fsp3) is 0.435. The molecule has 2 aromatic carbocycles. The van der Waals surface area contributed by atoms with Crippen LogP contribution in [0.4, 0.5) is 5.69 Å². The Morgan fingerprint density at radius 1 is 1.07 bits per heavy atom. The summed E-state index contributed by atoms with van der Waals surface area (Å²) in [5, 5.41) is 4.37. The van der Waals surface area contributed by atoms with E-state index in [0.29, 0.717) is 6.04 Å². The average Bonchev–Trinajstić information content (AvgIpc) is 3.06. The Kier molecular flexibility index (Phi) is 7.17. The Bertz CT molecular complexity index is 740. The summed E-state index contributed by atoms with van der Waals surface area (Å²) >= 11 is 6.42. The molecule has 0 fully saturated rings. The highest BCUT2D eigenvalue weighted by atomic mass is 35.5. The van der Waals surface area contributed by atoms with Crippen LogP contribution in [-0.2, 0) is 6.42 Å². The van der Waals surface area contributed by atoms with Crippen LogP contribution in [0, 0.1) is 5.92 Å². The van der Waals surface area contributed by atoms with Crippen molar-refractivity contribution in [3.63, 3.8) is 0 Å². The van der Waals surface area contributed by atoms with E-state index in [4.69, 9.17) is 16.6 Å². The standard InChI is InChI=1S/C23H30ClN3/c1-3-18(4-2)14-15-27-21(16-19-10-8-9-13-22(19)24)17-25-23(27)26-20-11-6-5-7-12-20/h5-13,18,21H,3-4,14-17H2,1-2H3,(H,25,26)/t21-/m0/s1. The number of nitrogens with zero attached hydrogens (tertiary/aromatic N) is 2. The van der Waals surface area contributed by atoms with Crippen LogP contribution in [0.15, 0.2) is 59.6 Å². The van der Waals surface area contributed by atoms with Crippen molar-refractivity contribution in [2.24, 2.45) is 10.9 Å². The summed E-state index contributed by atoms with van der Waals surface area (Å²) in [5.41, 5.74) is 2.29. The minimum absolute atomic E-state index is 0.352. The minimum atomic E-state index is 0.352. The zero-order valence-corrected chi connectivity index (χ0v) is 17.1. The molecule has 0 radical (unpaired) electrons. The third-order valence-electron chi connectivity index (χ3n) is 5.54. The van der Waals surface area contributed by atoms with Crippen LogP contribution in [0.5, 0.6) is 0 Å². The molecule has 3 nitrogen and oxygen atoms in total. The Hall–Kier alpha value is -2.00. The lowest BCUT2D eigenvalue weighted by Gasteiger charge is -2.30. The molecular weight excluding hydrogens is 354 g/mol. The number of anilines is 1. The molecule has 3 rings (SSSR count). The maximum Gasteiger partial charge on any atom is 0.198 e. The molecule has 27 heavy (non-hydrogen) atoms. The van der Waals surface area contributed by atoms with E-state index in [-0.39, 0.29) is 0 Å². The largest absolute Gasteiger partial charge is 0.338 e. The molecular formula is C23H30ClN3. The summed E-state index contributed by atoms with van der Waals surface area (Å²) in [6, 6.07) is 18.8. The summed E-state index contributed by atoms with van der Waals surface area (Å²) in [7, 11) is 0. The van der Waals surface area contributed by atoms with E-state index in [1.165, 1.54) is 24.8 Å². The fourth-order valence-corrected chi connectivity index (χ4v) is 3.93. The number of halogens is 1. The molecule has 0 aliphatic carbocycles. The zero-order chi connectivity index (χ0) is 19.1. The van der Waals surface area contributed by atoms with Gasteiger partial charge in [0.1, 0.15) is 0 Å². The summed E-state index contributed by atoms with van der Waals surface area (Å²) in [5.74, 6) is 1.76. The predicted octanol–water partition coefficient (Wildman–Crippen LogP) is 5.86. The normalized spacial score (nSPS) is 16.7. The number of benzene rings is 2. The molecule has 0 aromatic heterocycles. The maximum absolute atomic E-state index is 6.42. The third-order valence-corrected chi connectivity index (χ3v) is 5.91. The molecule has 0 saturated heterocycles. The van der Waals surface area contributed by atoms with E-state index in [2.05, 4.69) is 48.3 Å². The van der Waals surface area contributed by atoms with Gasteiger partial charge in [-0.1, -0.05) is 74.7 Å². The Morgan fingerprint density at radius 2 is 1.78 bits per heavy atom. The van der Waals surface area contributed by atoms with Crippen molar-refractivity contribution in [1.29, 1.82) is 0 Å². The van der Waals surface area contributed by atoms with Crippen molar-refractivity contribution >= 4 is 23.2 Å². The van der Waals surface area contributed by atoms with Crippen molar-refractivity contribution in [2.75, 3.05) is 18.4 Å². The minimum Gasteiger partial charge on any atom is -0.338 e. The van der Waals surface area contributed by atoms with Crippen LogP contribution in [0.1, 0.15) is 38.7 Å². The van der Waals surface area contributed by atoms with Gasteiger partial charge in [0, 0.05) is 17.3 Å². The summed E-state index contributed by atoms with van der Waals surface area (Å²) < 4.78 is 0. The van der Waals surface area contributed by atoms with Gasteiger partial charge in [-0.25, -0.2) is 0 Å². The molecule has 0 saturated carbocycles. The average molecular weight is 384 g/mol. The van der Waals surface area contributed by atoms with E-state index < -0.39 is 0 Å². The fourth-order valence-electron chi connectivity index (χ4n) is 3.72. The van der Waals surface area contributed by atoms with Crippen LogP contribution in [0.2, 0.25) is 5.02 Å². The van der Waals surface area contributed by atoms with Crippen LogP contribution < -0.4 is 5.32 Å². The van der Waals surface area contributed by atoms with Crippen molar-refractivity contribution in [3.8, 4) is 0 Å². The van der Waals surface area contributed by atoms with Crippen LogP contribution in [0.25, 0.3) is 0 Å². The van der Waals surface area contributed by atoms with Gasteiger partial charge in [-0.3, -0.25) is 4.99 Å². The molecule has 1 N–H and O–H groups in total. The number of hydrogen-bond donors (Lipinski definition) is 1. The van der Waals surface area contributed by atoms with Gasteiger partial charge in [0.25, 0.3) is 0 Å². The summed E-state index contributed by atoms with van der Waals surface area (Å²) in [4.78, 5) is 7.29. The first-order valence-corrected chi connectivity index (χ1v) is 10.5. The highest BCUT2D eigenvalue weighted by Crippen LogP contribution is 2.24. The number of guanidine groups is 1. The number of aliphatic imine (C=N–C) groups is 1. The molecule has 2 aromatic rings. The third kappa shape index (κ3) is 5.26. The lowest BCUT2D eigenvalue weighted by atomic mass is 9.98. The van der Waals surface area contributed by atoms with E-state index in [1.807, 2.05) is 30.3 Å². The molecule has 0 bridgehead atoms. The molecule has 4 heteroatoms. The smallest absolute Gasteiger partial charge is 0.198 e. The van der Waals surface area contributed by atoms with Crippen LogP contribution in [0.3, 0.4) is 0 Å². The predicted molar refractivity (Wildman–Crippen MR) is 117 cm³/mol. The topological polar surface area (TPSA) is 27.6 Å². The molecule has 0 unspecified atom stereocenters. The first-order valence-electron chi connectivity index (χ1n) is 10.1. The Morgan fingerprint density at radius 3 is 2.48 bits per heavy atom. The van der Waals surface area contributed by atoms with Crippen LogP contribution >= 0.6 is 11.6 Å². The van der Waals surface area contributed by atoms with Gasteiger partial charge in [-0.2, -0.15) is 0 Å². The second-order valence-corrected chi connectivity index (χ2v) is 7.68. The van der Waals surface area contributed by atoms with Gasteiger partial charge < -0.3 is 10.2 Å². The highest BCUT2D eigenvalue weighted by Gasteiger charge is 2.28. The Labute approximate surface area is 168 Å². The monoisotopic (exact) mass is 383 g/mol. The summed E-state index contributed by atoms with van der Waals surface area (Å²) in [6.07, 6.45) is 4.59. The van der Waals surface area contributed by atoms with Crippen LogP contribution in [-0.4, -0.2) is 30.0 Å². The molecule has 0 spiro atoms. The van der Waals surface area contributed by atoms with Crippen molar-refractivity contribution in [3.05, 3.63) is 65.2 Å². The van der Waals surface area contributed by atoms with Gasteiger partial charge >= 0.3 is 0 Å². The molecule has 1 aliphatic heterocycles. The van der Waals surface area contributed by atoms with Crippen molar-refractivity contribution < 1.29 is 0 Å².